The monoisotopic (exact) mass is 458 g/mol. The molecule has 34 heavy (non-hydrogen) atoms. The van der Waals surface area contributed by atoms with E-state index >= 15 is 0 Å². The molecule has 2 heterocycles. The average molecular weight is 459 g/mol. The Kier molecular flexibility index (Phi) is 6.73. The van der Waals surface area contributed by atoms with E-state index in [0.29, 0.717) is 23.6 Å². The number of anilines is 1. The van der Waals surface area contributed by atoms with Crippen LogP contribution in [0.2, 0.25) is 0 Å². The molecule has 2 aromatic rings. The van der Waals surface area contributed by atoms with Gasteiger partial charge in [0.15, 0.2) is 0 Å². The van der Waals surface area contributed by atoms with E-state index in [9.17, 15) is 4.79 Å². The minimum Gasteiger partial charge on any atom is -0.371 e. The van der Waals surface area contributed by atoms with E-state index in [1.165, 1.54) is 37.8 Å². The molecule has 1 amide bonds. The molecule has 2 bridgehead atoms. The molecule has 2 fully saturated rings. The van der Waals surface area contributed by atoms with E-state index in [-0.39, 0.29) is 5.91 Å². The quantitative estimate of drug-likeness (QED) is 0.550. The average Bonchev–Trinajstić information content (AvgIpc) is 2.88. The summed E-state index contributed by atoms with van der Waals surface area (Å²) in [6, 6.07) is 12.5. The smallest absolute Gasteiger partial charge is 0.251 e. The van der Waals surface area contributed by atoms with Gasteiger partial charge in [-0.05, 0) is 91.8 Å². The first-order valence-corrected chi connectivity index (χ1v) is 12.9. The number of aromatic nitrogens is 1. The van der Waals surface area contributed by atoms with Crippen LogP contribution in [0.25, 0.3) is 0 Å². The summed E-state index contributed by atoms with van der Waals surface area (Å²) < 4.78 is 0. The van der Waals surface area contributed by atoms with Gasteiger partial charge in [0.25, 0.3) is 5.91 Å². The van der Waals surface area contributed by atoms with Crippen LogP contribution in [0, 0.1) is 17.3 Å². The minimum absolute atomic E-state index is 0.0489. The molecule has 0 radical (unpaired) electrons. The zero-order valence-electron chi connectivity index (χ0n) is 20.6. The van der Waals surface area contributed by atoms with Crippen LogP contribution in [-0.2, 0) is 6.54 Å². The van der Waals surface area contributed by atoms with Gasteiger partial charge in [-0.25, -0.2) is 0 Å². The van der Waals surface area contributed by atoms with Crippen LogP contribution >= 0.6 is 0 Å². The highest BCUT2D eigenvalue weighted by atomic mass is 16.1. The van der Waals surface area contributed by atoms with E-state index in [4.69, 9.17) is 0 Å². The Morgan fingerprint density at radius 2 is 1.94 bits per heavy atom. The number of hydrogen-bond donors (Lipinski definition) is 2. The SMILES string of the molecule is CC1(C)[C@H]2CC=C(CCNC3CCN(c4ccc(C(=O)NCc5cccnc5)cc4)CC3)[C@@H]1C2. The highest BCUT2D eigenvalue weighted by Gasteiger charge is 2.50. The number of pyridine rings is 1. The number of benzene rings is 1. The summed E-state index contributed by atoms with van der Waals surface area (Å²) in [6.45, 7) is 8.64. The van der Waals surface area contributed by atoms with Gasteiger partial charge < -0.3 is 15.5 Å². The third-order valence-electron chi connectivity index (χ3n) is 8.59. The van der Waals surface area contributed by atoms with Crippen LogP contribution in [0.5, 0.6) is 0 Å². The minimum atomic E-state index is -0.0489. The molecule has 180 valence electrons. The second-order valence-electron chi connectivity index (χ2n) is 10.9. The predicted molar refractivity (Wildman–Crippen MR) is 138 cm³/mol. The Bertz CT molecular complexity index is 1010. The largest absolute Gasteiger partial charge is 0.371 e. The van der Waals surface area contributed by atoms with E-state index in [1.54, 1.807) is 18.0 Å². The number of carbonyl (C=O) groups excluding carboxylic acids is 1. The lowest BCUT2D eigenvalue weighted by Crippen LogP contribution is -2.48. The number of fused-ring (bicyclic) bond motifs is 1. The fraction of sp³-hybridized carbons (Fsp3) is 0.517. The molecule has 5 nitrogen and oxygen atoms in total. The molecule has 3 aliphatic carbocycles. The van der Waals surface area contributed by atoms with Crippen LogP contribution in [0.1, 0.15) is 61.9 Å². The normalized spacial score (nSPS) is 23.7. The highest BCUT2D eigenvalue weighted by molar-refractivity contribution is 5.94. The molecular weight excluding hydrogens is 420 g/mol. The molecule has 1 aromatic heterocycles. The first kappa shape index (κ1) is 23.1. The summed E-state index contributed by atoms with van der Waals surface area (Å²) in [5, 5.41) is 6.80. The van der Waals surface area contributed by atoms with Crippen LogP contribution in [0.15, 0.2) is 60.4 Å². The number of allylic oxidation sites excluding steroid dienone is 1. The van der Waals surface area contributed by atoms with Gasteiger partial charge in [0.05, 0.1) is 0 Å². The van der Waals surface area contributed by atoms with E-state index in [2.05, 4.69) is 52.6 Å². The van der Waals surface area contributed by atoms with Crippen LogP contribution in [0.3, 0.4) is 0 Å². The topological polar surface area (TPSA) is 57.3 Å². The first-order chi connectivity index (χ1) is 16.5. The van der Waals surface area contributed by atoms with Gasteiger partial charge in [0.1, 0.15) is 0 Å². The van der Waals surface area contributed by atoms with Crippen molar-refractivity contribution >= 4 is 11.6 Å². The van der Waals surface area contributed by atoms with Gasteiger partial charge in [-0.1, -0.05) is 31.6 Å². The van der Waals surface area contributed by atoms with Crippen LogP contribution in [0.4, 0.5) is 5.69 Å². The lowest BCUT2D eigenvalue weighted by Gasteiger charge is -2.56. The summed E-state index contributed by atoms with van der Waals surface area (Å²) >= 11 is 0. The van der Waals surface area contributed by atoms with Crippen molar-refractivity contribution < 1.29 is 4.79 Å². The molecule has 1 aromatic carbocycles. The molecule has 0 unspecified atom stereocenters. The Morgan fingerprint density at radius 3 is 2.62 bits per heavy atom. The van der Waals surface area contributed by atoms with E-state index < -0.39 is 0 Å². The van der Waals surface area contributed by atoms with Gasteiger partial charge in [-0.2, -0.15) is 0 Å². The Hall–Kier alpha value is -2.66. The van der Waals surface area contributed by atoms with E-state index in [1.807, 2.05) is 24.3 Å². The van der Waals surface area contributed by atoms with Crippen LogP contribution < -0.4 is 15.5 Å². The van der Waals surface area contributed by atoms with Gasteiger partial charge in [0, 0.05) is 49.3 Å². The first-order valence-electron chi connectivity index (χ1n) is 12.9. The molecular formula is C29H38N4O. The number of rotatable bonds is 8. The zero-order valence-corrected chi connectivity index (χ0v) is 20.6. The lowest BCUT2D eigenvalue weighted by molar-refractivity contribution is -0.00820. The number of nitrogens with zero attached hydrogens (tertiary/aromatic N) is 2. The molecule has 0 spiro atoms. The number of carbonyl (C=O) groups is 1. The number of hydrogen-bond acceptors (Lipinski definition) is 4. The van der Waals surface area contributed by atoms with Gasteiger partial charge in [0.2, 0.25) is 0 Å². The molecule has 4 aliphatic rings. The van der Waals surface area contributed by atoms with Gasteiger partial charge in [-0.3, -0.25) is 9.78 Å². The maximum Gasteiger partial charge on any atom is 0.251 e. The standard InChI is InChI=1S/C29H38N4O/c1-29(2)24-8-5-22(27(29)18-24)11-15-31-25-12-16-33(17-13-25)26-9-6-23(7-10-26)28(34)32-20-21-4-3-14-30-19-21/h3-7,9-10,14,19,24-25,27,31H,8,11-13,15-18,20H2,1-2H3,(H,32,34)/t24-,27-/m0/s1. The lowest BCUT2D eigenvalue weighted by atomic mass is 9.48. The zero-order chi connectivity index (χ0) is 23.5. The van der Waals surface area contributed by atoms with Crippen molar-refractivity contribution in [2.45, 2.75) is 58.5 Å². The van der Waals surface area contributed by atoms with Crippen molar-refractivity contribution in [3.05, 3.63) is 71.6 Å². The van der Waals surface area contributed by atoms with Gasteiger partial charge >= 0.3 is 0 Å². The van der Waals surface area contributed by atoms with E-state index in [0.717, 1.165) is 37.0 Å². The van der Waals surface area contributed by atoms with Crippen molar-refractivity contribution in [1.82, 2.24) is 15.6 Å². The molecule has 1 saturated carbocycles. The van der Waals surface area contributed by atoms with Crippen molar-refractivity contribution in [1.29, 1.82) is 0 Å². The van der Waals surface area contributed by atoms with Crippen LogP contribution in [-0.4, -0.2) is 36.6 Å². The summed E-state index contributed by atoms with van der Waals surface area (Å²) in [5.74, 6) is 1.70. The molecule has 2 atom stereocenters. The van der Waals surface area contributed by atoms with Crippen molar-refractivity contribution in [2.75, 3.05) is 24.5 Å². The number of piperidine rings is 1. The molecule has 1 aliphatic heterocycles. The maximum absolute atomic E-state index is 12.5. The summed E-state index contributed by atoms with van der Waals surface area (Å²) in [7, 11) is 0. The highest BCUT2D eigenvalue weighted by Crippen LogP contribution is 2.59. The number of nitrogens with one attached hydrogen (secondary N) is 2. The summed E-state index contributed by atoms with van der Waals surface area (Å²) in [5.41, 5.74) is 5.14. The second kappa shape index (κ2) is 9.91. The van der Waals surface area contributed by atoms with Crippen molar-refractivity contribution in [3.63, 3.8) is 0 Å². The van der Waals surface area contributed by atoms with Crippen molar-refractivity contribution in [2.24, 2.45) is 17.3 Å². The molecule has 6 rings (SSSR count). The third-order valence-corrected chi connectivity index (χ3v) is 8.59. The molecule has 1 saturated heterocycles. The predicted octanol–water partition coefficient (Wildman–Crippen LogP) is 4.95. The summed E-state index contributed by atoms with van der Waals surface area (Å²) in [6.07, 6.45) is 12.3. The van der Waals surface area contributed by atoms with Gasteiger partial charge in [-0.15, -0.1) is 0 Å². The second-order valence-corrected chi connectivity index (χ2v) is 10.9. The fourth-order valence-corrected chi connectivity index (χ4v) is 6.13. The number of amides is 1. The Morgan fingerprint density at radius 1 is 1.15 bits per heavy atom. The third kappa shape index (κ3) is 4.90. The summed E-state index contributed by atoms with van der Waals surface area (Å²) in [4.78, 5) is 19.0. The maximum atomic E-state index is 12.5. The van der Waals surface area contributed by atoms with Crippen molar-refractivity contribution in [3.8, 4) is 0 Å². The Balaban J connectivity index is 1.04. The fourth-order valence-electron chi connectivity index (χ4n) is 6.13. The Labute approximate surface area is 204 Å². The molecule has 2 N–H and O–H groups in total. The molecule has 5 heteroatoms.